The van der Waals surface area contributed by atoms with E-state index in [1.54, 1.807) is 0 Å². The van der Waals surface area contributed by atoms with Crippen LogP contribution in [0.2, 0.25) is 0 Å². The molecule has 0 atom stereocenters. The molecule has 14 heavy (non-hydrogen) atoms. The Kier molecular flexibility index (Phi) is 1.57. The Bertz CT molecular complexity index is 464. The lowest BCUT2D eigenvalue weighted by atomic mass is 9.91. The van der Waals surface area contributed by atoms with Crippen LogP contribution >= 0.6 is 0 Å². The van der Waals surface area contributed by atoms with Gasteiger partial charge in [-0.3, -0.25) is 0 Å². The van der Waals surface area contributed by atoms with E-state index in [-0.39, 0.29) is 0 Å². The maximum atomic E-state index is 5.56. The van der Waals surface area contributed by atoms with Crippen LogP contribution in [0.4, 0.5) is 0 Å². The molecule has 1 nitrogen and oxygen atoms in total. The number of allylic oxidation sites excluding steroid dienone is 5. The lowest BCUT2D eigenvalue weighted by molar-refractivity contribution is 0.469. The number of rotatable bonds is 0. The van der Waals surface area contributed by atoms with Crippen molar-refractivity contribution in [3.63, 3.8) is 0 Å². The first-order chi connectivity index (χ1) is 6.95. The molecule has 1 heteroatoms. The summed E-state index contributed by atoms with van der Waals surface area (Å²) in [5.41, 5.74) is 3.77. The minimum Gasteiger partial charge on any atom is -0.464 e. The molecule has 0 aromatic heterocycles. The summed E-state index contributed by atoms with van der Waals surface area (Å²) >= 11 is 0. The maximum Gasteiger partial charge on any atom is 0.134 e. The Balaban J connectivity index is 2.22. The van der Waals surface area contributed by atoms with Crippen LogP contribution in [0.15, 0.2) is 54.3 Å². The third kappa shape index (κ3) is 1.02. The molecule has 0 fully saturated rings. The first-order valence-electron chi connectivity index (χ1n) is 4.77. The van der Waals surface area contributed by atoms with Gasteiger partial charge in [-0.05, 0) is 23.6 Å². The van der Waals surface area contributed by atoms with Gasteiger partial charge in [0.05, 0.1) is 6.26 Å². The molecule has 0 unspecified atom stereocenters. The zero-order valence-corrected chi connectivity index (χ0v) is 7.73. The summed E-state index contributed by atoms with van der Waals surface area (Å²) in [6.45, 7) is 0. The van der Waals surface area contributed by atoms with Crippen molar-refractivity contribution in [2.24, 2.45) is 0 Å². The van der Waals surface area contributed by atoms with Crippen LogP contribution in [0.3, 0.4) is 0 Å². The van der Waals surface area contributed by atoms with E-state index in [2.05, 4.69) is 24.3 Å². The van der Waals surface area contributed by atoms with Crippen molar-refractivity contribution >= 4 is 5.57 Å². The molecule has 2 aliphatic rings. The third-order valence-corrected chi connectivity index (χ3v) is 2.59. The molecule has 1 aliphatic heterocycles. The second kappa shape index (κ2) is 2.88. The summed E-state index contributed by atoms with van der Waals surface area (Å²) in [7, 11) is 0. The molecular weight excluding hydrogens is 172 g/mol. The zero-order chi connectivity index (χ0) is 9.38. The summed E-state index contributed by atoms with van der Waals surface area (Å²) in [4.78, 5) is 0. The molecule has 68 valence electrons. The van der Waals surface area contributed by atoms with E-state index in [1.807, 2.05) is 24.5 Å². The van der Waals surface area contributed by atoms with Gasteiger partial charge in [0.2, 0.25) is 0 Å². The summed E-state index contributed by atoms with van der Waals surface area (Å²) in [6.07, 6.45) is 9.23. The minimum atomic E-state index is 0.956. The minimum absolute atomic E-state index is 0.956. The van der Waals surface area contributed by atoms with Gasteiger partial charge in [0, 0.05) is 5.56 Å². The van der Waals surface area contributed by atoms with Gasteiger partial charge in [0.1, 0.15) is 5.75 Å². The zero-order valence-electron chi connectivity index (χ0n) is 7.73. The van der Waals surface area contributed by atoms with Crippen LogP contribution in [-0.4, -0.2) is 0 Å². The van der Waals surface area contributed by atoms with Crippen LogP contribution in [0.1, 0.15) is 12.0 Å². The highest BCUT2D eigenvalue weighted by atomic mass is 16.5. The fraction of sp³-hybridized carbons (Fsp3) is 0.0769. The molecule has 0 saturated carbocycles. The average molecular weight is 182 g/mol. The smallest absolute Gasteiger partial charge is 0.134 e. The van der Waals surface area contributed by atoms with Gasteiger partial charge < -0.3 is 4.74 Å². The van der Waals surface area contributed by atoms with E-state index < -0.39 is 0 Å². The highest BCUT2D eigenvalue weighted by Gasteiger charge is 2.17. The first-order valence-corrected chi connectivity index (χ1v) is 4.77. The predicted octanol–water partition coefficient (Wildman–Crippen LogP) is 3.31. The Morgan fingerprint density at radius 1 is 1.14 bits per heavy atom. The summed E-state index contributed by atoms with van der Waals surface area (Å²) in [5.74, 6) is 0.956. The standard InChI is InChI=1S/C13H10O/c1-2-6-11-10(5-1)9-14-13-8-4-3-7-12(11)13/h1-4,6-9H,5H2. The van der Waals surface area contributed by atoms with Crippen molar-refractivity contribution in [1.82, 2.24) is 0 Å². The van der Waals surface area contributed by atoms with E-state index in [0.717, 1.165) is 12.2 Å². The van der Waals surface area contributed by atoms with Crippen molar-refractivity contribution in [3.05, 3.63) is 59.9 Å². The molecule has 1 aromatic carbocycles. The van der Waals surface area contributed by atoms with Gasteiger partial charge in [0.25, 0.3) is 0 Å². The molecule has 3 rings (SSSR count). The number of ether oxygens (including phenoxy) is 1. The van der Waals surface area contributed by atoms with E-state index in [4.69, 9.17) is 4.74 Å². The van der Waals surface area contributed by atoms with Crippen LogP contribution in [-0.2, 0) is 0 Å². The molecule has 0 radical (unpaired) electrons. The van der Waals surface area contributed by atoms with Crippen LogP contribution in [0.5, 0.6) is 5.75 Å². The summed E-state index contributed by atoms with van der Waals surface area (Å²) < 4.78 is 5.56. The van der Waals surface area contributed by atoms with Crippen molar-refractivity contribution in [2.75, 3.05) is 0 Å². The van der Waals surface area contributed by atoms with Gasteiger partial charge >= 0.3 is 0 Å². The van der Waals surface area contributed by atoms with Crippen molar-refractivity contribution in [3.8, 4) is 5.75 Å². The average Bonchev–Trinajstić information content (AvgIpc) is 2.29. The fourth-order valence-electron chi connectivity index (χ4n) is 1.88. The molecular formula is C13H10O. The van der Waals surface area contributed by atoms with Crippen LogP contribution < -0.4 is 4.74 Å². The Hall–Kier alpha value is -1.76. The van der Waals surface area contributed by atoms with Crippen LogP contribution in [0.25, 0.3) is 5.57 Å². The van der Waals surface area contributed by atoms with Gasteiger partial charge in [-0.1, -0.05) is 36.4 Å². The molecule has 0 saturated heterocycles. The van der Waals surface area contributed by atoms with E-state index in [9.17, 15) is 0 Å². The third-order valence-electron chi connectivity index (χ3n) is 2.59. The molecule has 0 bridgehead atoms. The topological polar surface area (TPSA) is 9.23 Å². The van der Waals surface area contributed by atoms with Gasteiger partial charge in [-0.2, -0.15) is 0 Å². The molecule has 0 N–H and O–H groups in total. The predicted molar refractivity (Wildman–Crippen MR) is 56.9 cm³/mol. The summed E-state index contributed by atoms with van der Waals surface area (Å²) in [5, 5.41) is 0. The van der Waals surface area contributed by atoms with E-state index in [1.165, 1.54) is 16.7 Å². The molecule has 0 amide bonds. The number of hydrogen-bond acceptors (Lipinski definition) is 1. The van der Waals surface area contributed by atoms with Gasteiger partial charge in [-0.15, -0.1) is 0 Å². The number of hydrogen-bond donors (Lipinski definition) is 0. The first kappa shape index (κ1) is 7.63. The van der Waals surface area contributed by atoms with Crippen molar-refractivity contribution < 1.29 is 4.74 Å². The lowest BCUT2D eigenvalue weighted by Crippen LogP contribution is -2.03. The number of fused-ring (bicyclic) bond motifs is 3. The molecule has 0 spiro atoms. The van der Waals surface area contributed by atoms with E-state index >= 15 is 0 Å². The second-order valence-corrected chi connectivity index (χ2v) is 3.47. The van der Waals surface area contributed by atoms with Crippen molar-refractivity contribution in [1.29, 1.82) is 0 Å². The Labute approximate surface area is 83.0 Å². The fourth-order valence-corrected chi connectivity index (χ4v) is 1.88. The second-order valence-electron chi connectivity index (χ2n) is 3.47. The van der Waals surface area contributed by atoms with Crippen molar-refractivity contribution in [2.45, 2.75) is 6.42 Å². The quantitative estimate of drug-likeness (QED) is 0.598. The highest BCUT2D eigenvalue weighted by Crippen LogP contribution is 2.38. The van der Waals surface area contributed by atoms with E-state index in [0.29, 0.717) is 0 Å². The Morgan fingerprint density at radius 2 is 2.07 bits per heavy atom. The lowest BCUT2D eigenvalue weighted by Gasteiger charge is -2.21. The molecule has 1 aliphatic carbocycles. The summed E-state index contributed by atoms with van der Waals surface area (Å²) in [6, 6.07) is 8.15. The van der Waals surface area contributed by atoms with Gasteiger partial charge in [-0.25, -0.2) is 0 Å². The SMILES string of the molecule is C1=CCC2=COc3ccccc3C2=C1. The normalized spacial score (nSPS) is 17.4. The van der Waals surface area contributed by atoms with Crippen LogP contribution in [0, 0.1) is 0 Å². The monoisotopic (exact) mass is 182 g/mol. The Morgan fingerprint density at radius 3 is 3.07 bits per heavy atom. The largest absolute Gasteiger partial charge is 0.464 e. The molecule has 1 heterocycles. The number of benzene rings is 1. The highest BCUT2D eigenvalue weighted by molar-refractivity contribution is 5.85. The molecule has 1 aromatic rings. The van der Waals surface area contributed by atoms with Gasteiger partial charge in [0.15, 0.2) is 0 Å². The maximum absolute atomic E-state index is 5.56. The number of para-hydroxylation sites is 1.